The summed E-state index contributed by atoms with van der Waals surface area (Å²) in [5.74, 6) is 0.157. The van der Waals surface area contributed by atoms with E-state index in [1.807, 2.05) is 36.4 Å². The normalized spacial score (nSPS) is 11.1. The Bertz CT molecular complexity index is 1120. The van der Waals surface area contributed by atoms with Gasteiger partial charge in [-0.2, -0.15) is 0 Å². The van der Waals surface area contributed by atoms with E-state index in [9.17, 15) is 13.2 Å². The topological polar surface area (TPSA) is 98.5 Å². The van der Waals surface area contributed by atoms with Gasteiger partial charge in [-0.05, 0) is 47.4 Å². The van der Waals surface area contributed by atoms with Crippen LogP contribution in [0.4, 0.5) is 0 Å². The van der Waals surface area contributed by atoms with Crippen molar-refractivity contribution < 1.29 is 17.9 Å². The first-order valence-corrected chi connectivity index (χ1v) is 11.1. The van der Waals surface area contributed by atoms with Gasteiger partial charge in [0.15, 0.2) is 6.61 Å². The van der Waals surface area contributed by atoms with Crippen LogP contribution >= 0.6 is 11.6 Å². The van der Waals surface area contributed by atoms with Gasteiger partial charge in [-0.15, -0.1) is 0 Å². The zero-order valence-corrected chi connectivity index (χ0v) is 17.6. The number of nitrogens with two attached hydrogens (primary N) is 1. The van der Waals surface area contributed by atoms with E-state index in [2.05, 4.69) is 5.32 Å². The number of carbonyl (C=O) groups excluding carboxylic acids is 1. The molecular formula is C22H21ClN2O4S. The second-order valence-corrected chi connectivity index (χ2v) is 8.56. The Morgan fingerprint density at radius 2 is 1.67 bits per heavy atom. The molecule has 3 N–H and O–H groups in total. The van der Waals surface area contributed by atoms with E-state index in [4.69, 9.17) is 21.5 Å². The van der Waals surface area contributed by atoms with E-state index in [1.54, 1.807) is 24.3 Å². The molecule has 0 aliphatic heterocycles. The smallest absolute Gasteiger partial charge is 0.257 e. The number of hydrogen-bond donors (Lipinski definition) is 2. The predicted molar refractivity (Wildman–Crippen MR) is 117 cm³/mol. The highest BCUT2D eigenvalue weighted by Crippen LogP contribution is 2.30. The van der Waals surface area contributed by atoms with Crippen LogP contribution in [0.25, 0.3) is 11.1 Å². The summed E-state index contributed by atoms with van der Waals surface area (Å²) in [6, 6.07) is 21.5. The molecule has 0 aliphatic rings. The third-order valence-corrected chi connectivity index (χ3v) is 5.61. The molecule has 0 aromatic heterocycles. The van der Waals surface area contributed by atoms with Crippen LogP contribution in [0.1, 0.15) is 5.56 Å². The first-order chi connectivity index (χ1) is 14.3. The molecule has 1 amide bonds. The lowest BCUT2D eigenvalue weighted by atomic mass is 10.1. The Balaban J connectivity index is 1.47. The molecule has 0 heterocycles. The Kier molecular flexibility index (Phi) is 7.10. The van der Waals surface area contributed by atoms with Crippen molar-refractivity contribution in [3.05, 3.63) is 83.4 Å². The van der Waals surface area contributed by atoms with Crippen molar-refractivity contribution in [2.75, 3.05) is 13.2 Å². The number of hydrogen-bond acceptors (Lipinski definition) is 4. The first-order valence-electron chi connectivity index (χ1n) is 9.19. The fraction of sp³-hybridized carbons (Fsp3) is 0.136. The van der Waals surface area contributed by atoms with Crippen LogP contribution in [-0.4, -0.2) is 27.5 Å². The van der Waals surface area contributed by atoms with Crippen LogP contribution in [0, 0.1) is 0 Å². The maximum Gasteiger partial charge on any atom is 0.257 e. The Hall–Kier alpha value is -2.87. The van der Waals surface area contributed by atoms with Gasteiger partial charge in [0.1, 0.15) is 5.75 Å². The van der Waals surface area contributed by atoms with E-state index >= 15 is 0 Å². The number of halogens is 1. The summed E-state index contributed by atoms with van der Waals surface area (Å²) in [6.07, 6.45) is 0.545. The van der Waals surface area contributed by atoms with Crippen LogP contribution in [-0.2, 0) is 21.2 Å². The van der Waals surface area contributed by atoms with E-state index in [-0.39, 0.29) is 17.4 Å². The second-order valence-electron chi connectivity index (χ2n) is 6.59. The van der Waals surface area contributed by atoms with E-state index < -0.39 is 10.0 Å². The second kappa shape index (κ2) is 9.75. The molecule has 3 rings (SSSR count). The number of amides is 1. The lowest BCUT2D eigenvalue weighted by Crippen LogP contribution is -2.30. The van der Waals surface area contributed by atoms with Crippen molar-refractivity contribution in [3.8, 4) is 16.9 Å². The molecule has 0 bridgehead atoms. The monoisotopic (exact) mass is 444 g/mol. The number of nitrogens with one attached hydrogen (secondary N) is 1. The molecule has 0 atom stereocenters. The molecule has 6 nitrogen and oxygen atoms in total. The van der Waals surface area contributed by atoms with Gasteiger partial charge in [0.05, 0.1) is 9.92 Å². The third-order valence-electron chi connectivity index (χ3n) is 4.39. The number of primary sulfonamides is 1. The average Bonchev–Trinajstić information content (AvgIpc) is 2.73. The zero-order chi connectivity index (χ0) is 21.6. The van der Waals surface area contributed by atoms with Crippen LogP contribution in [0.3, 0.4) is 0 Å². The molecule has 3 aromatic carbocycles. The van der Waals surface area contributed by atoms with Gasteiger partial charge in [-0.3, -0.25) is 4.79 Å². The van der Waals surface area contributed by atoms with Crippen molar-refractivity contribution >= 4 is 27.5 Å². The van der Waals surface area contributed by atoms with Crippen molar-refractivity contribution in [2.45, 2.75) is 11.3 Å². The van der Waals surface area contributed by atoms with Crippen LogP contribution in [0.2, 0.25) is 5.02 Å². The summed E-state index contributed by atoms with van der Waals surface area (Å²) in [5.41, 5.74) is 2.88. The van der Waals surface area contributed by atoms with Crippen molar-refractivity contribution in [1.29, 1.82) is 0 Å². The lowest BCUT2D eigenvalue weighted by Gasteiger charge is -2.10. The zero-order valence-electron chi connectivity index (χ0n) is 16.0. The summed E-state index contributed by atoms with van der Waals surface area (Å²) < 4.78 is 28.0. The fourth-order valence-corrected chi connectivity index (χ4v) is 3.56. The van der Waals surface area contributed by atoms with Crippen molar-refractivity contribution in [3.63, 3.8) is 0 Å². The molecule has 0 saturated carbocycles. The van der Waals surface area contributed by atoms with Gasteiger partial charge in [-0.25, -0.2) is 13.6 Å². The molecule has 0 radical (unpaired) electrons. The minimum absolute atomic E-state index is 0.0545. The molecule has 156 valence electrons. The standard InChI is InChI=1S/C22H21ClN2O4S/c23-20-14-18(17-4-2-1-3-5-17)8-11-21(20)29-15-22(26)25-13-12-16-6-9-19(10-7-16)30(24,27)28/h1-11,14H,12-13,15H2,(H,25,26)(H2,24,27,28). The maximum absolute atomic E-state index is 12.0. The molecule has 8 heteroatoms. The number of rotatable bonds is 8. The van der Waals surface area contributed by atoms with Crippen LogP contribution < -0.4 is 15.2 Å². The predicted octanol–water partition coefficient (Wildman–Crippen LogP) is 3.39. The number of carbonyl (C=O) groups is 1. The molecule has 30 heavy (non-hydrogen) atoms. The Morgan fingerprint density at radius 1 is 0.967 bits per heavy atom. The van der Waals surface area contributed by atoms with Crippen molar-refractivity contribution in [2.24, 2.45) is 5.14 Å². The third kappa shape index (κ3) is 6.06. The minimum atomic E-state index is -3.71. The summed E-state index contributed by atoms with van der Waals surface area (Å²) in [4.78, 5) is 12.1. The van der Waals surface area contributed by atoms with Gasteiger partial charge >= 0.3 is 0 Å². The van der Waals surface area contributed by atoms with Gasteiger partial charge in [0.25, 0.3) is 5.91 Å². The van der Waals surface area contributed by atoms with E-state index in [0.717, 1.165) is 16.7 Å². The van der Waals surface area contributed by atoms with Crippen molar-refractivity contribution in [1.82, 2.24) is 5.32 Å². The molecular weight excluding hydrogens is 424 g/mol. The number of benzene rings is 3. The van der Waals surface area contributed by atoms with Gasteiger partial charge in [-0.1, -0.05) is 60.1 Å². The molecule has 0 unspecified atom stereocenters. The van der Waals surface area contributed by atoms with Gasteiger partial charge in [0.2, 0.25) is 10.0 Å². The molecule has 3 aromatic rings. The Labute approximate surface area is 180 Å². The summed E-state index contributed by atoms with van der Waals surface area (Å²) in [7, 11) is -3.71. The first kappa shape index (κ1) is 21.8. The highest BCUT2D eigenvalue weighted by atomic mass is 35.5. The van der Waals surface area contributed by atoms with Gasteiger partial charge < -0.3 is 10.1 Å². The largest absolute Gasteiger partial charge is 0.482 e. The minimum Gasteiger partial charge on any atom is -0.482 e. The summed E-state index contributed by atoms with van der Waals surface area (Å²) >= 11 is 6.28. The van der Waals surface area contributed by atoms with Crippen LogP contribution in [0.15, 0.2) is 77.7 Å². The fourth-order valence-electron chi connectivity index (χ4n) is 2.81. The molecule has 0 saturated heterocycles. The summed E-state index contributed by atoms with van der Waals surface area (Å²) in [5, 5.41) is 8.25. The number of sulfonamides is 1. The van der Waals surface area contributed by atoms with Crippen LogP contribution in [0.5, 0.6) is 5.75 Å². The van der Waals surface area contributed by atoms with E-state index in [0.29, 0.717) is 23.7 Å². The van der Waals surface area contributed by atoms with Gasteiger partial charge in [0, 0.05) is 6.54 Å². The van der Waals surface area contributed by atoms with E-state index in [1.165, 1.54) is 12.1 Å². The highest BCUT2D eigenvalue weighted by Gasteiger charge is 2.09. The highest BCUT2D eigenvalue weighted by molar-refractivity contribution is 7.89. The maximum atomic E-state index is 12.0. The SMILES string of the molecule is NS(=O)(=O)c1ccc(CCNC(=O)COc2ccc(-c3ccccc3)cc2Cl)cc1. The molecule has 0 spiro atoms. The average molecular weight is 445 g/mol. The number of ether oxygens (including phenoxy) is 1. The Morgan fingerprint density at radius 3 is 2.30 bits per heavy atom. The summed E-state index contributed by atoms with van der Waals surface area (Å²) in [6.45, 7) is 0.229. The quantitative estimate of drug-likeness (QED) is 0.556. The molecule has 0 fully saturated rings. The lowest BCUT2D eigenvalue weighted by molar-refractivity contribution is -0.123. The molecule has 0 aliphatic carbocycles.